The van der Waals surface area contributed by atoms with Crippen molar-refractivity contribution in [3.05, 3.63) is 112 Å². The molecule has 7 rings (SSSR count). The highest BCUT2D eigenvalue weighted by Gasteiger charge is 2.18. The van der Waals surface area contributed by atoms with Crippen molar-refractivity contribution >= 4 is 64.2 Å². The van der Waals surface area contributed by atoms with E-state index in [-0.39, 0.29) is 0 Å². The molecule has 0 atom stereocenters. The minimum atomic E-state index is 0.874. The van der Waals surface area contributed by atoms with Crippen molar-refractivity contribution in [3.8, 4) is 33.9 Å². The Kier molecular flexibility index (Phi) is 4.80. The topological polar surface area (TPSA) is 28.7 Å². The summed E-state index contributed by atoms with van der Waals surface area (Å²) < 4.78 is 2.10. The number of nitrogens with one attached hydrogen (secondary N) is 1. The predicted octanol–water partition coefficient (Wildman–Crippen LogP) is 9.83. The number of benzene rings is 6. The summed E-state index contributed by atoms with van der Waals surface area (Å²) in [5.41, 5.74) is 5.24. The fraction of sp³-hybridized carbons (Fsp3) is 0. The number of nitrogens with zero attached hydrogens (tertiary/aromatic N) is 1. The first-order valence-electron chi connectivity index (χ1n) is 11.4. The highest BCUT2D eigenvalue weighted by molar-refractivity contribution is 9.10. The summed E-state index contributed by atoms with van der Waals surface area (Å²) >= 11 is 7.12. The third-order valence-corrected chi connectivity index (χ3v) is 7.80. The normalized spacial score (nSPS) is 11.7. The molecule has 0 saturated carbocycles. The molecular formula is C31H18Br2N2. The minimum Gasteiger partial charge on any atom is -0.337 e. The zero-order valence-electron chi connectivity index (χ0n) is 18.5. The van der Waals surface area contributed by atoms with Gasteiger partial charge in [0.15, 0.2) is 0 Å². The molecule has 6 aromatic carbocycles. The Morgan fingerprint density at radius 1 is 0.543 bits per heavy atom. The molecule has 0 saturated heterocycles. The zero-order valence-corrected chi connectivity index (χ0v) is 21.7. The van der Waals surface area contributed by atoms with E-state index in [1.807, 2.05) is 0 Å². The van der Waals surface area contributed by atoms with Crippen molar-refractivity contribution in [1.29, 1.82) is 0 Å². The molecule has 0 aliphatic rings. The van der Waals surface area contributed by atoms with Gasteiger partial charge in [-0.3, -0.25) is 0 Å². The third-order valence-electron chi connectivity index (χ3n) is 6.74. The number of H-pyrrole nitrogens is 1. The van der Waals surface area contributed by atoms with E-state index in [1.54, 1.807) is 0 Å². The van der Waals surface area contributed by atoms with Crippen molar-refractivity contribution < 1.29 is 0 Å². The Balaban J connectivity index is 1.51. The van der Waals surface area contributed by atoms with Gasteiger partial charge in [0, 0.05) is 25.6 Å². The minimum absolute atomic E-state index is 0.874. The molecule has 2 nitrogen and oxygen atoms in total. The van der Waals surface area contributed by atoms with Crippen LogP contribution in [0.2, 0.25) is 0 Å². The van der Waals surface area contributed by atoms with Crippen LogP contribution < -0.4 is 0 Å². The van der Waals surface area contributed by atoms with Crippen LogP contribution in [0.3, 0.4) is 0 Å². The van der Waals surface area contributed by atoms with Crippen LogP contribution in [0.5, 0.6) is 0 Å². The molecule has 1 heterocycles. The van der Waals surface area contributed by atoms with Crippen molar-refractivity contribution in [3.63, 3.8) is 0 Å². The van der Waals surface area contributed by atoms with Crippen LogP contribution in [0.25, 0.3) is 66.2 Å². The first-order valence-corrected chi connectivity index (χ1v) is 13.0. The van der Waals surface area contributed by atoms with Crippen LogP contribution in [-0.4, -0.2) is 9.97 Å². The number of aromatic nitrogens is 2. The van der Waals surface area contributed by atoms with E-state index in [0.29, 0.717) is 0 Å². The van der Waals surface area contributed by atoms with Crippen LogP contribution >= 0.6 is 31.9 Å². The molecule has 1 aromatic heterocycles. The lowest BCUT2D eigenvalue weighted by atomic mass is 9.92. The van der Waals surface area contributed by atoms with Gasteiger partial charge in [-0.25, -0.2) is 4.98 Å². The van der Waals surface area contributed by atoms with Crippen molar-refractivity contribution in [2.24, 2.45) is 0 Å². The van der Waals surface area contributed by atoms with Crippen LogP contribution in [0, 0.1) is 0 Å². The lowest BCUT2D eigenvalue weighted by molar-refractivity contribution is 1.32. The van der Waals surface area contributed by atoms with E-state index >= 15 is 0 Å². The van der Waals surface area contributed by atoms with E-state index in [9.17, 15) is 0 Å². The molecule has 35 heavy (non-hydrogen) atoms. The molecule has 0 spiro atoms. The summed E-state index contributed by atoms with van der Waals surface area (Å²) in [6.07, 6.45) is 0. The average molecular weight is 578 g/mol. The maximum atomic E-state index is 5.18. The standard InChI is InChI=1S/C31H18Br2N2/c32-23-12-6-21(7-13-23)29-30(22-8-14-24(33)15-9-22)35-31(34-29)26-17-11-20-5-4-18-2-1-3-19-10-16-25(26)28(20)27(18)19/h1-17H,(H,34,35). The monoisotopic (exact) mass is 576 g/mol. The Morgan fingerprint density at radius 3 is 1.80 bits per heavy atom. The molecule has 4 heteroatoms. The van der Waals surface area contributed by atoms with Gasteiger partial charge >= 0.3 is 0 Å². The molecule has 0 bridgehead atoms. The zero-order chi connectivity index (χ0) is 23.5. The summed E-state index contributed by atoms with van der Waals surface area (Å²) in [6.45, 7) is 0. The lowest BCUT2D eigenvalue weighted by Crippen LogP contribution is -1.88. The summed E-state index contributed by atoms with van der Waals surface area (Å²) in [6, 6.07) is 36.5. The highest BCUT2D eigenvalue weighted by atomic mass is 79.9. The maximum absolute atomic E-state index is 5.18. The van der Waals surface area contributed by atoms with Gasteiger partial charge < -0.3 is 4.98 Å². The van der Waals surface area contributed by atoms with E-state index in [1.165, 1.54) is 32.3 Å². The second-order valence-electron chi connectivity index (χ2n) is 8.79. The number of hydrogen-bond acceptors (Lipinski definition) is 1. The summed E-state index contributed by atoms with van der Waals surface area (Å²) in [4.78, 5) is 8.86. The Morgan fingerprint density at radius 2 is 1.11 bits per heavy atom. The first kappa shape index (κ1) is 20.9. The number of rotatable bonds is 3. The van der Waals surface area contributed by atoms with Crippen LogP contribution in [0.1, 0.15) is 0 Å². The van der Waals surface area contributed by atoms with Crippen molar-refractivity contribution in [2.45, 2.75) is 0 Å². The fourth-order valence-electron chi connectivity index (χ4n) is 5.08. The van der Waals surface area contributed by atoms with E-state index in [2.05, 4.69) is 140 Å². The van der Waals surface area contributed by atoms with Gasteiger partial charge in [0.25, 0.3) is 0 Å². The van der Waals surface area contributed by atoms with Crippen molar-refractivity contribution in [2.75, 3.05) is 0 Å². The third kappa shape index (κ3) is 3.40. The van der Waals surface area contributed by atoms with E-state index in [0.717, 1.165) is 42.8 Å². The molecule has 7 aromatic rings. The summed E-state index contributed by atoms with van der Waals surface area (Å²) in [5.74, 6) is 0.874. The van der Waals surface area contributed by atoms with E-state index in [4.69, 9.17) is 4.98 Å². The Hall–Kier alpha value is -3.47. The van der Waals surface area contributed by atoms with Crippen molar-refractivity contribution in [1.82, 2.24) is 9.97 Å². The average Bonchev–Trinajstić information content (AvgIpc) is 3.33. The fourth-order valence-corrected chi connectivity index (χ4v) is 5.61. The largest absolute Gasteiger partial charge is 0.337 e. The Labute approximate surface area is 219 Å². The second-order valence-corrected chi connectivity index (χ2v) is 10.6. The van der Waals surface area contributed by atoms with Crippen LogP contribution in [-0.2, 0) is 0 Å². The predicted molar refractivity (Wildman–Crippen MR) is 154 cm³/mol. The summed E-state index contributed by atoms with van der Waals surface area (Å²) in [5, 5.41) is 7.61. The molecule has 0 fully saturated rings. The van der Waals surface area contributed by atoms with Gasteiger partial charge in [-0.15, -0.1) is 0 Å². The van der Waals surface area contributed by atoms with Crippen LogP contribution in [0.4, 0.5) is 0 Å². The number of imidazole rings is 1. The first-order chi connectivity index (χ1) is 17.2. The highest BCUT2D eigenvalue weighted by Crippen LogP contribution is 2.40. The lowest BCUT2D eigenvalue weighted by Gasteiger charge is -2.12. The van der Waals surface area contributed by atoms with Gasteiger partial charge in [0.1, 0.15) is 5.82 Å². The number of aromatic amines is 1. The smallest absolute Gasteiger partial charge is 0.139 e. The molecule has 0 radical (unpaired) electrons. The quantitative estimate of drug-likeness (QED) is 0.208. The molecule has 1 N–H and O–H groups in total. The molecule has 0 unspecified atom stereocenters. The maximum Gasteiger partial charge on any atom is 0.139 e. The van der Waals surface area contributed by atoms with Gasteiger partial charge in [-0.1, -0.05) is 111 Å². The van der Waals surface area contributed by atoms with Gasteiger partial charge in [0.05, 0.1) is 11.4 Å². The molecule has 166 valence electrons. The number of halogens is 2. The van der Waals surface area contributed by atoms with Gasteiger partial charge in [-0.05, 0) is 56.6 Å². The molecule has 0 aliphatic heterocycles. The summed E-state index contributed by atoms with van der Waals surface area (Å²) in [7, 11) is 0. The van der Waals surface area contributed by atoms with Gasteiger partial charge in [-0.2, -0.15) is 0 Å². The van der Waals surface area contributed by atoms with Crippen LogP contribution in [0.15, 0.2) is 112 Å². The molecule has 0 aliphatic carbocycles. The Bertz CT molecular complexity index is 1770. The van der Waals surface area contributed by atoms with E-state index < -0.39 is 0 Å². The number of hydrogen-bond donors (Lipinski definition) is 1. The SMILES string of the molecule is Brc1ccc(-c2nc(-c3ccc4ccc5cccc6ccc3c4c56)[nH]c2-c2ccc(Br)cc2)cc1. The molecular weight excluding hydrogens is 560 g/mol. The second kappa shape index (κ2) is 8.04. The molecule has 0 amide bonds. The van der Waals surface area contributed by atoms with Gasteiger partial charge in [0.2, 0.25) is 0 Å².